The second kappa shape index (κ2) is 7.36. The molecule has 0 bridgehead atoms. The highest BCUT2D eigenvalue weighted by Crippen LogP contribution is 2.31. The van der Waals surface area contributed by atoms with Crippen LogP contribution >= 0.6 is 0 Å². The fourth-order valence-electron chi connectivity index (χ4n) is 4.03. The van der Waals surface area contributed by atoms with Gasteiger partial charge in [-0.15, -0.1) is 0 Å². The molecular formula is C19H26N6O2. The van der Waals surface area contributed by atoms with Gasteiger partial charge in [-0.25, -0.2) is 0 Å². The molecule has 0 saturated carbocycles. The maximum absolute atomic E-state index is 12.6. The minimum atomic E-state index is -0.169. The summed E-state index contributed by atoms with van der Waals surface area (Å²) in [5.41, 5.74) is 3.04. The highest BCUT2D eigenvalue weighted by molar-refractivity contribution is 5.93. The summed E-state index contributed by atoms with van der Waals surface area (Å²) < 4.78 is 6.21. The van der Waals surface area contributed by atoms with Crippen LogP contribution in [0.3, 0.4) is 0 Å². The number of hydrogen-bond acceptors (Lipinski definition) is 6. The molecule has 2 saturated heterocycles. The molecule has 1 amide bonds. The lowest BCUT2D eigenvalue weighted by atomic mass is 9.89. The number of rotatable bonds is 3. The predicted octanol–water partition coefficient (Wildman–Crippen LogP) is 1.32. The van der Waals surface area contributed by atoms with Crippen molar-refractivity contribution >= 4 is 5.91 Å². The van der Waals surface area contributed by atoms with Gasteiger partial charge in [0.1, 0.15) is 0 Å². The summed E-state index contributed by atoms with van der Waals surface area (Å²) in [6.45, 7) is 8.54. The number of aryl methyl sites for hydroxylation is 2. The fraction of sp³-hybridized carbons (Fsp3) is 0.579. The number of hydrogen-bond donors (Lipinski definition) is 1. The number of aromatic nitrogens is 4. The van der Waals surface area contributed by atoms with Gasteiger partial charge in [0, 0.05) is 38.4 Å². The van der Waals surface area contributed by atoms with Crippen molar-refractivity contribution < 1.29 is 9.53 Å². The van der Waals surface area contributed by atoms with Crippen LogP contribution in [0.2, 0.25) is 0 Å². The Morgan fingerprint density at radius 3 is 2.74 bits per heavy atom. The number of carbonyl (C=O) groups excluding carboxylic acids is 1. The first kappa shape index (κ1) is 18.1. The van der Waals surface area contributed by atoms with Gasteiger partial charge in [-0.3, -0.25) is 14.7 Å². The summed E-state index contributed by atoms with van der Waals surface area (Å²) in [4.78, 5) is 21.5. The lowest BCUT2D eigenvalue weighted by Gasteiger charge is -2.47. The van der Waals surface area contributed by atoms with Crippen molar-refractivity contribution in [2.75, 3.05) is 32.8 Å². The lowest BCUT2D eigenvalue weighted by molar-refractivity contribution is -0.134. The molecule has 8 nitrogen and oxygen atoms in total. The molecule has 0 aliphatic carbocycles. The van der Waals surface area contributed by atoms with Crippen LogP contribution in [-0.4, -0.2) is 74.5 Å². The van der Waals surface area contributed by atoms with Gasteiger partial charge in [-0.05, 0) is 38.8 Å². The molecule has 2 fully saturated rings. The van der Waals surface area contributed by atoms with Crippen LogP contribution in [0.15, 0.2) is 18.2 Å². The summed E-state index contributed by atoms with van der Waals surface area (Å²) in [7, 11) is 0. The normalized spacial score (nSPS) is 20.1. The zero-order chi connectivity index (χ0) is 18.9. The van der Waals surface area contributed by atoms with Crippen LogP contribution in [0, 0.1) is 13.8 Å². The quantitative estimate of drug-likeness (QED) is 0.877. The number of piperidine rings is 1. The van der Waals surface area contributed by atoms with E-state index >= 15 is 0 Å². The van der Waals surface area contributed by atoms with Crippen molar-refractivity contribution in [3.63, 3.8) is 0 Å². The molecular weight excluding hydrogens is 344 g/mol. The van der Waals surface area contributed by atoms with Crippen LogP contribution in [0.5, 0.6) is 0 Å². The van der Waals surface area contributed by atoms with Gasteiger partial charge in [0.25, 0.3) is 5.91 Å². The Balaban J connectivity index is 1.37. The van der Waals surface area contributed by atoms with E-state index in [2.05, 4.69) is 37.4 Å². The number of nitrogens with one attached hydrogen (secondary N) is 1. The van der Waals surface area contributed by atoms with Crippen molar-refractivity contribution in [1.29, 1.82) is 0 Å². The Hall–Kier alpha value is -2.32. The van der Waals surface area contributed by atoms with Gasteiger partial charge in [0.15, 0.2) is 5.69 Å². The van der Waals surface area contributed by atoms with E-state index in [1.54, 1.807) is 6.92 Å². The standard InChI is InChI=1S/C19H26N6O2/c1-14-4-3-5-16(20-14)12-24-10-11-27-19(13-24)6-8-25(9-7-19)18(26)17-15(2)21-23-22-17/h3-5H,6-13H2,1-2H3,(H,21,22,23). The number of aromatic amines is 1. The third-order valence-corrected chi connectivity index (χ3v) is 5.55. The topological polar surface area (TPSA) is 87.2 Å². The van der Waals surface area contributed by atoms with E-state index in [4.69, 9.17) is 4.74 Å². The van der Waals surface area contributed by atoms with E-state index in [1.807, 2.05) is 17.9 Å². The predicted molar refractivity (Wildman–Crippen MR) is 99.2 cm³/mol. The maximum Gasteiger partial charge on any atom is 0.276 e. The molecule has 2 aliphatic heterocycles. The SMILES string of the molecule is Cc1cccc(CN2CCOC3(CCN(C(=O)c4n[nH]nc4C)CC3)C2)n1. The first-order valence-corrected chi connectivity index (χ1v) is 9.50. The van der Waals surface area contributed by atoms with E-state index in [0.717, 1.165) is 50.5 Å². The summed E-state index contributed by atoms with van der Waals surface area (Å²) in [5, 5.41) is 10.5. The molecule has 4 heterocycles. The number of H-pyrrole nitrogens is 1. The second-order valence-electron chi connectivity index (χ2n) is 7.56. The second-order valence-corrected chi connectivity index (χ2v) is 7.56. The maximum atomic E-state index is 12.6. The highest BCUT2D eigenvalue weighted by Gasteiger charge is 2.41. The van der Waals surface area contributed by atoms with Crippen LogP contribution < -0.4 is 0 Å². The van der Waals surface area contributed by atoms with Gasteiger partial charge in [0.05, 0.1) is 23.6 Å². The largest absolute Gasteiger partial charge is 0.372 e. The van der Waals surface area contributed by atoms with E-state index in [1.165, 1.54) is 0 Å². The van der Waals surface area contributed by atoms with Gasteiger partial charge < -0.3 is 9.64 Å². The Morgan fingerprint density at radius 2 is 2.04 bits per heavy atom. The molecule has 27 heavy (non-hydrogen) atoms. The average molecular weight is 370 g/mol. The third-order valence-electron chi connectivity index (χ3n) is 5.55. The molecule has 1 spiro atoms. The summed E-state index contributed by atoms with van der Waals surface area (Å²) >= 11 is 0. The zero-order valence-electron chi connectivity index (χ0n) is 15.9. The van der Waals surface area contributed by atoms with E-state index in [0.29, 0.717) is 24.5 Å². The molecule has 2 aromatic rings. The molecule has 0 aromatic carbocycles. The zero-order valence-corrected chi connectivity index (χ0v) is 15.9. The first-order chi connectivity index (χ1) is 13.0. The molecule has 0 atom stereocenters. The lowest BCUT2D eigenvalue weighted by Crippen LogP contribution is -2.57. The number of pyridine rings is 1. The van der Waals surface area contributed by atoms with E-state index in [9.17, 15) is 4.79 Å². The number of amides is 1. The van der Waals surface area contributed by atoms with E-state index < -0.39 is 0 Å². The van der Waals surface area contributed by atoms with Gasteiger partial charge >= 0.3 is 0 Å². The van der Waals surface area contributed by atoms with Crippen molar-refractivity contribution in [3.8, 4) is 0 Å². The molecule has 0 unspecified atom stereocenters. The molecule has 8 heteroatoms. The molecule has 144 valence electrons. The van der Waals surface area contributed by atoms with Crippen LogP contribution in [0.4, 0.5) is 0 Å². The molecule has 2 aromatic heterocycles. The van der Waals surface area contributed by atoms with E-state index in [-0.39, 0.29) is 11.5 Å². The van der Waals surface area contributed by atoms with Crippen molar-refractivity contribution in [1.82, 2.24) is 30.2 Å². The highest BCUT2D eigenvalue weighted by atomic mass is 16.5. The van der Waals surface area contributed by atoms with Crippen LogP contribution in [0.25, 0.3) is 0 Å². The van der Waals surface area contributed by atoms with Crippen LogP contribution in [0.1, 0.15) is 40.4 Å². The van der Waals surface area contributed by atoms with Crippen molar-refractivity contribution in [3.05, 3.63) is 41.0 Å². The summed E-state index contributed by atoms with van der Waals surface area (Å²) in [6.07, 6.45) is 1.68. The van der Waals surface area contributed by atoms with Crippen LogP contribution in [-0.2, 0) is 11.3 Å². The minimum Gasteiger partial charge on any atom is -0.372 e. The van der Waals surface area contributed by atoms with Gasteiger partial charge in [0.2, 0.25) is 0 Å². The average Bonchev–Trinajstić information content (AvgIpc) is 3.08. The van der Waals surface area contributed by atoms with Gasteiger partial charge in [-0.2, -0.15) is 15.4 Å². The number of likely N-dealkylation sites (tertiary alicyclic amines) is 1. The molecule has 1 N–H and O–H groups in total. The Labute approximate surface area is 158 Å². The minimum absolute atomic E-state index is 0.0484. The molecule has 0 radical (unpaired) electrons. The Bertz CT molecular complexity index is 812. The molecule has 2 aliphatic rings. The first-order valence-electron chi connectivity index (χ1n) is 9.50. The third kappa shape index (κ3) is 3.86. The molecule has 4 rings (SSSR count). The number of ether oxygens (including phenoxy) is 1. The fourth-order valence-corrected chi connectivity index (χ4v) is 4.03. The number of morpholine rings is 1. The van der Waals surface area contributed by atoms with Gasteiger partial charge in [-0.1, -0.05) is 6.07 Å². The number of nitrogens with zero attached hydrogens (tertiary/aromatic N) is 5. The Morgan fingerprint density at radius 1 is 1.22 bits per heavy atom. The number of carbonyl (C=O) groups is 1. The summed E-state index contributed by atoms with van der Waals surface area (Å²) in [6, 6.07) is 6.16. The Kier molecular flexibility index (Phi) is 4.92. The van der Waals surface area contributed by atoms with Crippen molar-refractivity contribution in [2.45, 2.75) is 38.8 Å². The smallest absolute Gasteiger partial charge is 0.276 e. The summed E-state index contributed by atoms with van der Waals surface area (Å²) in [5.74, 6) is -0.0484. The monoisotopic (exact) mass is 370 g/mol. The van der Waals surface area contributed by atoms with Crippen molar-refractivity contribution in [2.24, 2.45) is 0 Å².